The molecule has 9 heavy (non-hydrogen) atoms. The number of hydrogen-bond donors (Lipinski definition) is 1. The lowest BCUT2D eigenvalue weighted by atomic mass is 10.5. The van der Waals surface area contributed by atoms with Crippen LogP contribution in [0.25, 0.3) is 0 Å². The van der Waals surface area contributed by atoms with E-state index in [1.807, 2.05) is 19.2 Å². The molecule has 1 N–H and O–H groups in total. The van der Waals surface area contributed by atoms with E-state index in [0.29, 0.717) is 0 Å². The van der Waals surface area contributed by atoms with Crippen molar-refractivity contribution in [1.29, 1.82) is 0 Å². The van der Waals surface area contributed by atoms with Crippen molar-refractivity contribution in [2.75, 3.05) is 14.1 Å². The minimum Gasteiger partial charge on any atom is -0.309 e. The van der Waals surface area contributed by atoms with Crippen LogP contribution in [0.5, 0.6) is 0 Å². The summed E-state index contributed by atoms with van der Waals surface area (Å²) in [6, 6.07) is 0. The van der Waals surface area contributed by atoms with E-state index in [1.54, 1.807) is 0 Å². The molecular weight excluding hydrogens is 130 g/mol. The second-order valence-corrected chi connectivity index (χ2v) is 3.37. The summed E-state index contributed by atoms with van der Waals surface area (Å²) < 4.78 is 0. The van der Waals surface area contributed by atoms with Crippen molar-refractivity contribution in [2.45, 2.75) is 6.92 Å². The Kier molecular flexibility index (Phi) is 1.50. The quantitative estimate of drug-likeness (QED) is 0.431. The lowest BCUT2D eigenvalue weighted by molar-refractivity contribution is 0.0536. The normalized spacial score (nSPS) is 21.4. The first-order valence-electron chi connectivity index (χ1n) is 3.04. The number of hydrazine groups is 2. The predicted molar refractivity (Wildman–Crippen MR) is 41.3 cm³/mol. The number of nitrogens with zero attached hydrogens (tertiary/aromatic N) is 2. The summed E-state index contributed by atoms with van der Waals surface area (Å²) in [4.78, 5) is 0. The van der Waals surface area contributed by atoms with Gasteiger partial charge in [0.1, 0.15) is 0 Å². The summed E-state index contributed by atoms with van der Waals surface area (Å²) in [5.74, 6) is 0. The molecule has 1 heterocycles. The zero-order valence-corrected chi connectivity index (χ0v) is 8.39. The summed E-state index contributed by atoms with van der Waals surface area (Å²) in [6.07, 6.45) is 0. The maximum atomic E-state index is 3.22. The van der Waals surface area contributed by atoms with Crippen LogP contribution in [-0.2, 0) is 0 Å². The highest BCUT2D eigenvalue weighted by molar-refractivity contribution is 6.21. The Labute approximate surface area is 58.7 Å². The van der Waals surface area contributed by atoms with Crippen molar-refractivity contribution in [3.63, 3.8) is 0 Å². The maximum Gasteiger partial charge on any atom is 0.0632 e. The van der Waals surface area contributed by atoms with Crippen molar-refractivity contribution in [3.8, 4) is 0 Å². The Hall–Kier alpha value is -0.483. The van der Waals surface area contributed by atoms with Gasteiger partial charge in [-0.25, -0.2) is 0 Å². The Bertz CT molecular complexity index is 154. The van der Waals surface area contributed by atoms with Crippen LogP contribution in [0.15, 0.2) is 11.0 Å². The van der Waals surface area contributed by atoms with Gasteiger partial charge < -0.3 is 5.43 Å². The lowest BCUT2D eigenvalue weighted by Crippen LogP contribution is -2.37. The van der Waals surface area contributed by atoms with Gasteiger partial charge in [0.2, 0.25) is 0 Å². The zero-order chi connectivity index (χ0) is 7.02. The van der Waals surface area contributed by atoms with Gasteiger partial charge >= 0.3 is 0 Å². The van der Waals surface area contributed by atoms with E-state index in [2.05, 4.69) is 17.4 Å². The highest BCUT2D eigenvalue weighted by Crippen LogP contribution is 2.10. The van der Waals surface area contributed by atoms with E-state index in [1.165, 1.54) is 11.0 Å². The standard InChI is InChI=1S/C5H13N3Si/c1-4-5(9)6-8(3)7(4)2/h6H,1-3,9H3. The zero-order valence-electron chi connectivity index (χ0n) is 6.39. The van der Waals surface area contributed by atoms with E-state index >= 15 is 0 Å². The molecule has 52 valence electrons. The molecule has 0 aromatic rings. The van der Waals surface area contributed by atoms with Crippen LogP contribution in [-0.4, -0.2) is 34.5 Å². The van der Waals surface area contributed by atoms with Crippen molar-refractivity contribution < 1.29 is 0 Å². The van der Waals surface area contributed by atoms with Crippen LogP contribution >= 0.6 is 0 Å². The van der Waals surface area contributed by atoms with E-state index in [4.69, 9.17) is 0 Å². The molecule has 1 aliphatic heterocycles. The molecule has 0 aliphatic carbocycles. The van der Waals surface area contributed by atoms with Crippen LogP contribution in [0.4, 0.5) is 0 Å². The van der Waals surface area contributed by atoms with Crippen LogP contribution < -0.4 is 5.43 Å². The van der Waals surface area contributed by atoms with Gasteiger partial charge in [-0.05, 0) is 6.92 Å². The molecule has 1 aliphatic rings. The molecule has 4 heteroatoms. The molecule has 0 radical (unpaired) electrons. The Morgan fingerprint density at radius 1 is 1.44 bits per heavy atom. The van der Waals surface area contributed by atoms with Gasteiger partial charge in [0, 0.05) is 25.1 Å². The Morgan fingerprint density at radius 2 is 2.00 bits per heavy atom. The summed E-state index contributed by atoms with van der Waals surface area (Å²) in [6.45, 7) is 2.12. The molecule has 0 aromatic carbocycles. The second kappa shape index (κ2) is 2.04. The highest BCUT2D eigenvalue weighted by atomic mass is 28.1. The maximum absolute atomic E-state index is 3.22. The predicted octanol–water partition coefficient (Wildman–Crippen LogP) is -1.16. The first-order chi connectivity index (χ1) is 4.13. The second-order valence-electron chi connectivity index (χ2n) is 2.37. The molecule has 3 nitrogen and oxygen atoms in total. The third-order valence-corrected chi connectivity index (χ3v) is 2.75. The van der Waals surface area contributed by atoms with Crippen LogP contribution in [0.2, 0.25) is 0 Å². The molecule has 0 bridgehead atoms. The Morgan fingerprint density at radius 3 is 2.11 bits per heavy atom. The fourth-order valence-corrected chi connectivity index (χ4v) is 1.51. The molecule has 0 aromatic heterocycles. The third-order valence-electron chi connectivity index (χ3n) is 1.81. The first kappa shape index (κ1) is 6.63. The molecule has 0 saturated heterocycles. The summed E-state index contributed by atoms with van der Waals surface area (Å²) in [5.41, 5.74) is 4.55. The molecule has 0 atom stereocenters. The molecule has 0 amide bonds. The van der Waals surface area contributed by atoms with E-state index < -0.39 is 0 Å². The number of rotatable bonds is 0. The summed E-state index contributed by atoms with van der Waals surface area (Å²) in [5, 5.41) is 5.44. The van der Waals surface area contributed by atoms with E-state index in [0.717, 1.165) is 10.2 Å². The number of allylic oxidation sites excluding steroid dienone is 1. The molecule has 0 spiro atoms. The monoisotopic (exact) mass is 143 g/mol. The van der Waals surface area contributed by atoms with E-state index in [-0.39, 0.29) is 0 Å². The van der Waals surface area contributed by atoms with Crippen LogP contribution in [0, 0.1) is 0 Å². The van der Waals surface area contributed by atoms with Crippen molar-refractivity contribution >= 4 is 10.2 Å². The van der Waals surface area contributed by atoms with Gasteiger partial charge in [-0.2, -0.15) is 0 Å². The van der Waals surface area contributed by atoms with Gasteiger partial charge in [0.25, 0.3) is 0 Å². The minimum atomic E-state index is 1.10. The molecule has 0 saturated carbocycles. The number of nitrogens with one attached hydrogen (secondary N) is 1. The molecule has 0 fully saturated rings. The van der Waals surface area contributed by atoms with Crippen LogP contribution in [0.3, 0.4) is 0 Å². The smallest absolute Gasteiger partial charge is 0.0632 e. The minimum absolute atomic E-state index is 1.10. The SMILES string of the molecule is CC1=C([SiH3])NN(C)N1C. The summed E-state index contributed by atoms with van der Waals surface area (Å²) >= 11 is 0. The molecule has 0 unspecified atom stereocenters. The van der Waals surface area contributed by atoms with Gasteiger partial charge in [0.05, 0.1) is 10.2 Å². The third kappa shape index (κ3) is 0.950. The lowest BCUT2D eigenvalue weighted by Gasteiger charge is -2.21. The van der Waals surface area contributed by atoms with Gasteiger partial charge in [-0.1, -0.05) is 0 Å². The fourth-order valence-electron chi connectivity index (χ4n) is 0.866. The van der Waals surface area contributed by atoms with Crippen molar-refractivity contribution in [1.82, 2.24) is 15.6 Å². The average molecular weight is 143 g/mol. The fraction of sp³-hybridized carbons (Fsp3) is 0.600. The largest absolute Gasteiger partial charge is 0.309 e. The topological polar surface area (TPSA) is 18.5 Å². The van der Waals surface area contributed by atoms with Crippen molar-refractivity contribution in [2.24, 2.45) is 0 Å². The number of hydrogen-bond acceptors (Lipinski definition) is 3. The van der Waals surface area contributed by atoms with Gasteiger partial charge in [-0.15, -0.1) is 5.12 Å². The average Bonchev–Trinajstić information content (AvgIpc) is 1.98. The summed E-state index contributed by atoms with van der Waals surface area (Å²) in [7, 11) is 5.16. The Balaban J connectivity index is 2.74. The molecular formula is C5H13N3Si. The highest BCUT2D eigenvalue weighted by Gasteiger charge is 2.15. The van der Waals surface area contributed by atoms with Crippen LogP contribution in [0.1, 0.15) is 6.92 Å². The van der Waals surface area contributed by atoms with Gasteiger partial charge in [-0.3, -0.25) is 5.01 Å². The van der Waals surface area contributed by atoms with Gasteiger partial charge in [0.15, 0.2) is 0 Å². The van der Waals surface area contributed by atoms with E-state index in [9.17, 15) is 0 Å². The van der Waals surface area contributed by atoms with Crippen molar-refractivity contribution in [3.05, 3.63) is 11.0 Å². The molecule has 1 rings (SSSR count). The first-order valence-corrected chi connectivity index (χ1v) is 4.04.